The third kappa shape index (κ3) is 3.83. The number of rotatable bonds is 3. The highest BCUT2D eigenvalue weighted by Gasteiger charge is 2.25. The van der Waals surface area contributed by atoms with Crippen molar-refractivity contribution in [1.29, 1.82) is 0 Å². The van der Waals surface area contributed by atoms with Crippen LogP contribution < -0.4 is 15.0 Å². The number of nitrogens with zero attached hydrogens (tertiary/aromatic N) is 2. The Balaban J connectivity index is 1.57. The quantitative estimate of drug-likeness (QED) is 0.921. The van der Waals surface area contributed by atoms with E-state index >= 15 is 0 Å². The second kappa shape index (κ2) is 7.30. The van der Waals surface area contributed by atoms with E-state index in [0.717, 1.165) is 37.4 Å². The van der Waals surface area contributed by atoms with E-state index < -0.39 is 0 Å². The first-order valence-electron chi connectivity index (χ1n) is 8.31. The van der Waals surface area contributed by atoms with Gasteiger partial charge < -0.3 is 19.9 Å². The lowest BCUT2D eigenvalue weighted by Crippen LogP contribution is -2.53. The van der Waals surface area contributed by atoms with Gasteiger partial charge in [0, 0.05) is 37.2 Å². The van der Waals surface area contributed by atoms with Gasteiger partial charge in [-0.2, -0.15) is 0 Å². The van der Waals surface area contributed by atoms with Crippen LogP contribution in [0.2, 0.25) is 5.02 Å². The molecular weight excluding hydrogens is 314 g/mol. The van der Waals surface area contributed by atoms with Crippen LogP contribution in [0.5, 0.6) is 5.75 Å². The fourth-order valence-corrected chi connectivity index (χ4v) is 3.56. The van der Waals surface area contributed by atoms with Crippen molar-refractivity contribution in [3.8, 4) is 5.75 Å². The van der Waals surface area contributed by atoms with Crippen LogP contribution in [-0.4, -0.2) is 50.3 Å². The van der Waals surface area contributed by atoms with Crippen molar-refractivity contribution in [2.75, 3.05) is 38.2 Å². The van der Waals surface area contributed by atoms with E-state index in [1.165, 1.54) is 12.8 Å². The Morgan fingerprint density at radius 2 is 1.91 bits per heavy atom. The van der Waals surface area contributed by atoms with E-state index in [4.69, 9.17) is 16.3 Å². The van der Waals surface area contributed by atoms with Crippen LogP contribution in [0, 0.1) is 0 Å². The second-order valence-corrected chi connectivity index (χ2v) is 6.66. The molecule has 0 spiro atoms. The van der Waals surface area contributed by atoms with Crippen LogP contribution in [0.4, 0.5) is 10.5 Å². The Labute approximate surface area is 142 Å². The minimum absolute atomic E-state index is 0.0783. The summed E-state index contributed by atoms with van der Waals surface area (Å²) in [5.41, 5.74) is 0.996. The molecule has 6 heteroatoms. The number of urea groups is 1. The molecule has 1 aliphatic carbocycles. The molecule has 2 fully saturated rings. The Morgan fingerprint density at radius 1 is 1.22 bits per heavy atom. The summed E-state index contributed by atoms with van der Waals surface area (Å²) in [6.45, 7) is 3.01. The molecule has 0 bridgehead atoms. The molecule has 1 saturated carbocycles. The van der Waals surface area contributed by atoms with Crippen molar-refractivity contribution in [1.82, 2.24) is 10.2 Å². The highest BCUT2D eigenvalue weighted by molar-refractivity contribution is 6.30. The molecule has 5 nitrogen and oxygen atoms in total. The molecule has 2 amide bonds. The number of hydrogen-bond acceptors (Lipinski definition) is 3. The van der Waals surface area contributed by atoms with Gasteiger partial charge in [-0.25, -0.2) is 4.79 Å². The van der Waals surface area contributed by atoms with E-state index in [9.17, 15) is 4.79 Å². The fraction of sp³-hybridized carbons (Fsp3) is 0.588. The summed E-state index contributed by atoms with van der Waals surface area (Å²) >= 11 is 6.11. The van der Waals surface area contributed by atoms with Crippen LogP contribution in [0.25, 0.3) is 0 Å². The Morgan fingerprint density at radius 3 is 2.57 bits per heavy atom. The smallest absolute Gasteiger partial charge is 0.317 e. The number of halogens is 1. The third-order valence-electron chi connectivity index (χ3n) is 4.73. The van der Waals surface area contributed by atoms with E-state index in [2.05, 4.69) is 10.2 Å². The zero-order valence-corrected chi connectivity index (χ0v) is 14.3. The molecule has 0 radical (unpaired) electrons. The maximum atomic E-state index is 12.3. The Hall–Kier alpha value is -1.62. The van der Waals surface area contributed by atoms with Gasteiger partial charge in [0.25, 0.3) is 0 Å². The van der Waals surface area contributed by atoms with Gasteiger partial charge >= 0.3 is 6.03 Å². The predicted octanol–water partition coefficient (Wildman–Crippen LogP) is 3.12. The number of methoxy groups -OCH3 is 1. The average molecular weight is 338 g/mol. The molecule has 1 aromatic carbocycles. The van der Waals surface area contributed by atoms with Gasteiger partial charge in [0.05, 0.1) is 12.8 Å². The minimum atomic E-state index is 0.0783. The molecule has 1 N–H and O–H groups in total. The lowest BCUT2D eigenvalue weighted by atomic mass is 10.2. The monoisotopic (exact) mass is 337 g/mol. The predicted molar refractivity (Wildman–Crippen MR) is 92.6 cm³/mol. The molecule has 126 valence electrons. The van der Waals surface area contributed by atoms with E-state index in [0.29, 0.717) is 24.2 Å². The van der Waals surface area contributed by atoms with Crippen LogP contribution in [-0.2, 0) is 0 Å². The van der Waals surface area contributed by atoms with Crippen molar-refractivity contribution in [2.24, 2.45) is 0 Å². The van der Waals surface area contributed by atoms with Gasteiger partial charge in [-0.15, -0.1) is 0 Å². The Bertz CT molecular complexity index is 553. The molecule has 2 aliphatic rings. The lowest BCUT2D eigenvalue weighted by Gasteiger charge is -2.37. The maximum absolute atomic E-state index is 12.3. The summed E-state index contributed by atoms with van der Waals surface area (Å²) in [4.78, 5) is 16.5. The number of carbonyl (C=O) groups excluding carboxylic acids is 1. The second-order valence-electron chi connectivity index (χ2n) is 6.22. The SMILES string of the molecule is COc1ccc(Cl)cc1N1CCN(C(=O)NC2CCCC2)CC1. The van der Waals surface area contributed by atoms with Crippen molar-refractivity contribution in [3.63, 3.8) is 0 Å². The summed E-state index contributed by atoms with van der Waals surface area (Å²) < 4.78 is 5.42. The lowest BCUT2D eigenvalue weighted by molar-refractivity contribution is 0.190. The first-order chi connectivity index (χ1) is 11.2. The molecule has 0 unspecified atom stereocenters. The molecule has 1 aromatic rings. The first kappa shape index (κ1) is 16.2. The summed E-state index contributed by atoms with van der Waals surface area (Å²) in [5, 5.41) is 3.85. The maximum Gasteiger partial charge on any atom is 0.317 e. The van der Waals surface area contributed by atoms with E-state index in [1.54, 1.807) is 7.11 Å². The molecule has 0 aromatic heterocycles. The van der Waals surface area contributed by atoms with Gasteiger partial charge in [-0.3, -0.25) is 0 Å². The molecule has 0 atom stereocenters. The number of piperazine rings is 1. The van der Waals surface area contributed by atoms with Gasteiger partial charge in [-0.05, 0) is 31.0 Å². The standard InChI is InChI=1S/C17H24ClN3O2/c1-23-16-7-6-13(18)12-15(16)20-8-10-21(11-9-20)17(22)19-14-4-2-3-5-14/h6-7,12,14H,2-5,8-11H2,1H3,(H,19,22). The van der Waals surface area contributed by atoms with E-state index in [1.807, 2.05) is 23.1 Å². The summed E-state index contributed by atoms with van der Waals surface area (Å²) in [5.74, 6) is 0.818. The molecule has 23 heavy (non-hydrogen) atoms. The average Bonchev–Trinajstić information content (AvgIpc) is 3.08. The number of benzene rings is 1. The minimum Gasteiger partial charge on any atom is -0.495 e. The molecule has 1 saturated heterocycles. The summed E-state index contributed by atoms with van der Waals surface area (Å²) in [6, 6.07) is 6.09. The number of carbonyl (C=O) groups is 1. The highest BCUT2D eigenvalue weighted by atomic mass is 35.5. The molecule has 1 aliphatic heterocycles. The number of nitrogens with one attached hydrogen (secondary N) is 1. The summed E-state index contributed by atoms with van der Waals surface area (Å²) in [7, 11) is 1.66. The van der Waals surface area contributed by atoms with Crippen molar-refractivity contribution in [3.05, 3.63) is 23.2 Å². The topological polar surface area (TPSA) is 44.8 Å². The van der Waals surface area contributed by atoms with Crippen LogP contribution in [0.1, 0.15) is 25.7 Å². The van der Waals surface area contributed by atoms with Gasteiger partial charge in [-0.1, -0.05) is 24.4 Å². The highest BCUT2D eigenvalue weighted by Crippen LogP contribution is 2.31. The number of anilines is 1. The Kier molecular flexibility index (Phi) is 5.16. The number of hydrogen-bond donors (Lipinski definition) is 1. The number of ether oxygens (including phenoxy) is 1. The van der Waals surface area contributed by atoms with Crippen molar-refractivity contribution < 1.29 is 9.53 Å². The third-order valence-corrected chi connectivity index (χ3v) is 4.97. The largest absolute Gasteiger partial charge is 0.495 e. The van der Waals surface area contributed by atoms with Crippen LogP contribution in [0.3, 0.4) is 0 Å². The normalized spacial score (nSPS) is 19.0. The molecule has 1 heterocycles. The summed E-state index contributed by atoms with van der Waals surface area (Å²) in [6.07, 6.45) is 4.69. The molecule has 3 rings (SSSR count). The van der Waals surface area contributed by atoms with Gasteiger partial charge in [0.2, 0.25) is 0 Å². The zero-order chi connectivity index (χ0) is 16.2. The fourth-order valence-electron chi connectivity index (χ4n) is 3.40. The zero-order valence-electron chi connectivity index (χ0n) is 13.6. The molecular formula is C17H24ClN3O2. The van der Waals surface area contributed by atoms with E-state index in [-0.39, 0.29) is 6.03 Å². The van der Waals surface area contributed by atoms with Crippen molar-refractivity contribution in [2.45, 2.75) is 31.7 Å². The van der Waals surface area contributed by atoms with Crippen LogP contribution >= 0.6 is 11.6 Å². The number of amides is 2. The van der Waals surface area contributed by atoms with Crippen LogP contribution in [0.15, 0.2) is 18.2 Å². The van der Waals surface area contributed by atoms with Crippen molar-refractivity contribution >= 4 is 23.3 Å². The van der Waals surface area contributed by atoms with Gasteiger partial charge in [0.1, 0.15) is 5.75 Å². The van der Waals surface area contributed by atoms with Gasteiger partial charge in [0.15, 0.2) is 0 Å². The first-order valence-corrected chi connectivity index (χ1v) is 8.69.